The van der Waals surface area contributed by atoms with E-state index in [0.29, 0.717) is 24.1 Å². The lowest BCUT2D eigenvalue weighted by Gasteiger charge is -2.34. The summed E-state index contributed by atoms with van der Waals surface area (Å²) in [5, 5.41) is 31.0. The van der Waals surface area contributed by atoms with Crippen molar-refractivity contribution in [3.8, 4) is 0 Å². The molecular weight excluding hydrogens is 660 g/mol. The highest BCUT2D eigenvalue weighted by Gasteiger charge is 2.38. The number of imide groups is 1. The van der Waals surface area contributed by atoms with E-state index in [0.717, 1.165) is 11.3 Å². The fraction of sp³-hybridized carbons (Fsp3) is 0.333. The predicted molar refractivity (Wildman–Crippen MR) is 185 cm³/mol. The van der Waals surface area contributed by atoms with E-state index < -0.39 is 71.0 Å². The molecule has 0 bridgehead atoms. The number of carbonyl (C=O) groups excluding carboxylic acids is 5. The minimum Gasteiger partial charge on any atom is -0.481 e. The van der Waals surface area contributed by atoms with Crippen molar-refractivity contribution in [1.82, 2.24) is 21.3 Å². The first-order valence-corrected chi connectivity index (χ1v) is 16.5. The topological polar surface area (TPSA) is 217 Å². The van der Waals surface area contributed by atoms with E-state index >= 15 is 0 Å². The zero-order chi connectivity index (χ0) is 36.9. The summed E-state index contributed by atoms with van der Waals surface area (Å²) in [6, 6.07) is 18.0. The van der Waals surface area contributed by atoms with E-state index in [9.17, 15) is 38.9 Å². The summed E-state index contributed by atoms with van der Waals surface area (Å²) in [5.41, 5.74) is 1.12. The molecule has 5 amide bonds. The lowest BCUT2D eigenvalue weighted by molar-refractivity contribution is -0.384. The zero-order valence-corrected chi connectivity index (χ0v) is 27.9. The van der Waals surface area contributed by atoms with Crippen LogP contribution in [0.4, 0.5) is 11.4 Å². The fourth-order valence-corrected chi connectivity index (χ4v) is 5.65. The number of hydrogen-bond acceptors (Lipinski definition) is 9. The Morgan fingerprint density at radius 3 is 2.02 bits per heavy atom. The lowest BCUT2D eigenvalue weighted by Crippen LogP contribution is -2.60. The second-order valence-electron chi connectivity index (χ2n) is 12.1. The van der Waals surface area contributed by atoms with Gasteiger partial charge in [0.05, 0.1) is 17.4 Å². The van der Waals surface area contributed by atoms with Gasteiger partial charge in [-0.3, -0.25) is 49.1 Å². The van der Waals surface area contributed by atoms with Crippen molar-refractivity contribution in [3.63, 3.8) is 0 Å². The average molecular weight is 701 g/mol. The monoisotopic (exact) mass is 700 g/mol. The summed E-state index contributed by atoms with van der Waals surface area (Å²) in [6.07, 6.45) is 0.334. The minimum atomic E-state index is -1.37. The molecule has 1 saturated heterocycles. The van der Waals surface area contributed by atoms with Gasteiger partial charge in [0.15, 0.2) is 0 Å². The van der Waals surface area contributed by atoms with Crippen LogP contribution in [0.5, 0.6) is 0 Å². The summed E-state index contributed by atoms with van der Waals surface area (Å²) in [6.45, 7) is 1.98. The number of rotatable bonds is 16. The number of nitrogens with one attached hydrogen (secondary N) is 4. The Labute approximate surface area is 293 Å². The largest absolute Gasteiger partial charge is 0.481 e. The van der Waals surface area contributed by atoms with Crippen LogP contribution < -0.4 is 26.2 Å². The molecule has 0 saturated carbocycles. The smallest absolute Gasteiger partial charge is 0.303 e. The van der Waals surface area contributed by atoms with E-state index in [4.69, 9.17) is 5.11 Å². The van der Waals surface area contributed by atoms with Crippen LogP contribution in [0.2, 0.25) is 0 Å². The molecule has 1 aliphatic rings. The lowest BCUT2D eigenvalue weighted by atomic mass is 9.99. The number of nitrogens with zero attached hydrogens (tertiary/aromatic N) is 2. The maximum absolute atomic E-state index is 14.9. The van der Waals surface area contributed by atoms with Gasteiger partial charge in [0.2, 0.25) is 23.6 Å². The molecule has 1 aliphatic heterocycles. The molecule has 268 valence electrons. The van der Waals surface area contributed by atoms with Crippen LogP contribution in [0.15, 0.2) is 84.9 Å². The Morgan fingerprint density at radius 1 is 0.863 bits per heavy atom. The number of benzene rings is 3. The first kappa shape index (κ1) is 37.9. The number of amides is 5. The van der Waals surface area contributed by atoms with Gasteiger partial charge < -0.3 is 21.1 Å². The van der Waals surface area contributed by atoms with Crippen LogP contribution in [-0.2, 0) is 41.6 Å². The molecule has 0 radical (unpaired) electrons. The highest BCUT2D eigenvalue weighted by Crippen LogP contribution is 2.25. The normalized spacial score (nSPS) is 15.4. The van der Waals surface area contributed by atoms with Crippen molar-refractivity contribution in [2.24, 2.45) is 0 Å². The Morgan fingerprint density at radius 2 is 1.47 bits per heavy atom. The third-order valence-corrected chi connectivity index (χ3v) is 8.32. The third kappa shape index (κ3) is 11.0. The van der Waals surface area contributed by atoms with Crippen molar-refractivity contribution in [3.05, 3.63) is 106 Å². The highest BCUT2D eigenvalue weighted by atomic mass is 16.6. The fourth-order valence-electron chi connectivity index (χ4n) is 5.65. The van der Waals surface area contributed by atoms with Crippen molar-refractivity contribution in [2.75, 3.05) is 11.4 Å². The van der Waals surface area contributed by atoms with Crippen molar-refractivity contribution in [1.29, 1.82) is 0 Å². The van der Waals surface area contributed by atoms with Crippen molar-refractivity contribution in [2.45, 2.75) is 69.6 Å². The molecule has 1 heterocycles. The van der Waals surface area contributed by atoms with Gasteiger partial charge >= 0.3 is 5.97 Å². The molecular formula is C36H40N6O9. The second kappa shape index (κ2) is 18.2. The molecule has 3 aromatic carbocycles. The molecule has 1 fully saturated rings. The molecule has 0 spiro atoms. The number of carboxylic acid groups (broad SMARTS) is 1. The van der Waals surface area contributed by atoms with Gasteiger partial charge in [-0.25, -0.2) is 0 Å². The van der Waals surface area contributed by atoms with Gasteiger partial charge in [-0.1, -0.05) is 60.7 Å². The van der Waals surface area contributed by atoms with Gasteiger partial charge in [-0.2, -0.15) is 0 Å². The number of carbonyl (C=O) groups is 6. The first-order chi connectivity index (χ1) is 24.4. The van der Waals surface area contributed by atoms with Gasteiger partial charge in [0.25, 0.3) is 11.6 Å². The zero-order valence-electron chi connectivity index (χ0n) is 27.9. The van der Waals surface area contributed by atoms with E-state index in [2.05, 4.69) is 21.3 Å². The van der Waals surface area contributed by atoms with Crippen LogP contribution in [-0.4, -0.2) is 76.2 Å². The summed E-state index contributed by atoms with van der Waals surface area (Å²) in [7, 11) is 0. The van der Waals surface area contributed by atoms with Crippen LogP contribution in [0.1, 0.15) is 43.7 Å². The number of hydrogen-bond donors (Lipinski definition) is 5. The molecule has 51 heavy (non-hydrogen) atoms. The van der Waals surface area contributed by atoms with Crippen molar-refractivity contribution < 1.29 is 38.8 Å². The molecule has 0 aliphatic carbocycles. The summed E-state index contributed by atoms with van der Waals surface area (Å²) >= 11 is 0. The predicted octanol–water partition coefficient (Wildman–Crippen LogP) is 2.03. The minimum absolute atomic E-state index is 0.0564. The molecule has 4 unspecified atom stereocenters. The average Bonchev–Trinajstić information content (AvgIpc) is 3.67. The molecule has 5 N–H and O–H groups in total. The number of nitro benzene ring substituents is 1. The Kier molecular flexibility index (Phi) is 13.5. The molecule has 4 atom stereocenters. The van der Waals surface area contributed by atoms with E-state index in [1.807, 2.05) is 0 Å². The maximum atomic E-state index is 14.9. The van der Waals surface area contributed by atoms with E-state index in [1.165, 1.54) is 31.2 Å². The summed E-state index contributed by atoms with van der Waals surface area (Å²) in [4.78, 5) is 90.8. The number of nitro groups is 1. The van der Waals surface area contributed by atoms with Crippen LogP contribution >= 0.6 is 0 Å². The molecule has 3 aromatic rings. The number of anilines is 1. The third-order valence-electron chi connectivity index (χ3n) is 8.32. The van der Waals surface area contributed by atoms with Crippen LogP contribution in [0.25, 0.3) is 0 Å². The van der Waals surface area contributed by atoms with Gasteiger partial charge in [0, 0.05) is 37.1 Å². The van der Waals surface area contributed by atoms with E-state index in [-0.39, 0.29) is 30.6 Å². The Bertz CT molecular complexity index is 1710. The number of carboxylic acids is 1. The van der Waals surface area contributed by atoms with Gasteiger partial charge in [0.1, 0.15) is 18.1 Å². The highest BCUT2D eigenvalue weighted by molar-refractivity contribution is 6.08. The molecule has 0 aromatic heterocycles. The summed E-state index contributed by atoms with van der Waals surface area (Å²) in [5.74, 6) is -4.76. The summed E-state index contributed by atoms with van der Waals surface area (Å²) < 4.78 is 0. The number of non-ortho nitro benzene ring substituents is 1. The Balaban J connectivity index is 1.75. The number of aliphatic carboxylic acids is 1. The first-order valence-electron chi connectivity index (χ1n) is 16.5. The van der Waals surface area contributed by atoms with Crippen LogP contribution in [0.3, 0.4) is 0 Å². The second-order valence-corrected chi connectivity index (χ2v) is 12.1. The molecule has 4 rings (SSSR count). The van der Waals surface area contributed by atoms with Crippen LogP contribution in [0, 0.1) is 10.1 Å². The van der Waals surface area contributed by atoms with Gasteiger partial charge in [-0.15, -0.1) is 0 Å². The maximum Gasteiger partial charge on any atom is 0.303 e. The van der Waals surface area contributed by atoms with Gasteiger partial charge in [-0.05, 0) is 49.6 Å². The van der Waals surface area contributed by atoms with Crippen molar-refractivity contribution >= 4 is 46.9 Å². The molecule has 15 heteroatoms. The standard InChI is InChI=1S/C36H40N6O9/c1-23(38-31(43)18-19-32(44)45)33(46)39-29(21-24-9-4-2-5-10-24)36(49)41(26-14-16-27(17-15-26)42(50)51)30(22-25-11-6-3-7-12-25)35(48)40-34(47)28-13-8-20-37-28/h2-7,9-12,14-17,23,28-30,37H,8,13,18-22H2,1H3,(H,38,43)(H,39,46)(H,44,45)(H,40,47,48). The van der Waals surface area contributed by atoms with E-state index in [1.54, 1.807) is 60.7 Å². The Hall–Kier alpha value is -5.96. The molecule has 15 nitrogen and oxygen atoms in total. The quantitative estimate of drug-likeness (QED) is 0.108. The SMILES string of the molecule is CC(NC(=O)CCC(=O)O)C(=O)NC(Cc1ccccc1)C(=O)N(c1ccc([N+](=O)[O-])cc1)C(Cc1ccccc1)C(=O)NC(=O)C1CCCN1.